The average molecular weight is 388 g/mol. The van der Waals surface area contributed by atoms with Gasteiger partial charge in [0.2, 0.25) is 5.91 Å². The molecule has 2 rings (SSSR count). The zero-order valence-corrected chi connectivity index (χ0v) is 16.7. The number of aryl methyl sites for hydroxylation is 2. The smallest absolute Gasteiger partial charge is 0.337 e. The topological polar surface area (TPSA) is 64.6 Å². The third kappa shape index (κ3) is 7.35. The Balaban J connectivity index is 1.62. The molecule has 1 amide bonds. The van der Waals surface area contributed by atoms with Crippen molar-refractivity contribution in [2.45, 2.75) is 20.4 Å². The summed E-state index contributed by atoms with van der Waals surface area (Å²) < 4.78 is 10.4. The number of rotatable bonds is 9. The number of hydrogen-bond donors (Lipinski definition) is 1. The highest BCUT2D eigenvalue weighted by Gasteiger charge is 2.06. The molecule has 0 heterocycles. The van der Waals surface area contributed by atoms with Crippen LogP contribution in [0.2, 0.25) is 0 Å². The van der Waals surface area contributed by atoms with Crippen molar-refractivity contribution in [3.05, 3.63) is 64.7 Å². The highest BCUT2D eigenvalue weighted by molar-refractivity contribution is 7.99. The van der Waals surface area contributed by atoms with E-state index in [4.69, 9.17) is 4.74 Å². The lowest BCUT2D eigenvalue weighted by molar-refractivity contribution is -0.118. The Hall–Kier alpha value is -2.47. The molecule has 0 aliphatic carbocycles. The third-order valence-electron chi connectivity index (χ3n) is 3.79. The number of nitrogens with one attached hydrogen (secondary N) is 1. The predicted octanol–water partition coefficient (Wildman–Crippen LogP) is 3.52. The zero-order valence-electron chi connectivity index (χ0n) is 15.9. The first-order valence-electron chi connectivity index (χ1n) is 8.70. The normalized spacial score (nSPS) is 10.3. The summed E-state index contributed by atoms with van der Waals surface area (Å²) in [6.07, 6.45) is 0. The van der Waals surface area contributed by atoms with Crippen LogP contribution in [0.15, 0.2) is 42.5 Å². The zero-order chi connectivity index (χ0) is 19.6. The molecule has 144 valence electrons. The van der Waals surface area contributed by atoms with Crippen LogP contribution in [-0.4, -0.2) is 37.1 Å². The molecule has 0 unspecified atom stereocenters. The molecule has 0 fully saturated rings. The van der Waals surface area contributed by atoms with Gasteiger partial charge in [-0.05, 0) is 54.8 Å². The van der Waals surface area contributed by atoms with Gasteiger partial charge in [0.15, 0.2) is 0 Å². The first-order chi connectivity index (χ1) is 13.0. The van der Waals surface area contributed by atoms with E-state index in [2.05, 4.69) is 16.1 Å². The van der Waals surface area contributed by atoms with Crippen molar-refractivity contribution in [1.29, 1.82) is 0 Å². The number of hydrogen-bond acceptors (Lipinski definition) is 5. The maximum atomic E-state index is 11.9. The van der Waals surface area contributed by atoms with Crippen molar-refractivity contribution in [3.8, 4) is 5.75 Å². The van der Waals surface area contributed by atoms with Gasteiger partial charge in [-0.25, -0.2) is 4.79 Å². The number of benzene rings is 2. The average Bonchev–Trinajstić information content (AvgIpc) is 2.65. The molecule has 0 bridgehead atoms. The van der Waals surface area contributed by atoms with Gasteiger partial charge in [0, 0.05) is 12.3 Å². The molecule has 0 saturated carbocycles. The molecule has 0 aliphatic rings. The monoisotopic (exact) mass is 387 g/mol. The number of ether oxygens (including phenoxy) is 2. The molecule has 0 spiro atoms. The second-order valence-corrected chi connectivity index (χ2v) is 7.29. The third-order valence-corrected chi connectivity index (χ3v) is 4.71. The van der Waals surface area contributed by atoms with Crippen molar-refractivity contribution in [3.63, 3.8) is 0 Å². The molecule has 27 heavy (non-hydrogen) atoms. The van der Waals surface area contributed by atoms with Gasteiger partial charge in [-0.2, -0.15) is 0 Å². The van der Waals surface area contributed by atoms with Crippen molar-refractivity contribution in [1.82, 2.24) is 5.32 Å². The van der Waals surface area contributed by atoms with Crippen LogP contribution in [0.3, 0.4) is 0 Å². The van der Waals surface area contributed by atoms with E-state index in [1.807, 2.05) is 26.0 Å². The molecule has 0 saturated heterocycles. The summed E-state index contributed by atoms with van der Waals surface area (Å²) in [4.78, 5) is 23.3. The Bertz CT molecular complexity index is 754. The molecule has 0 radical (unpaired) electrons. The van der Waals surface area contributed by atoms with Crippen molar-refractivity contribution >= 4 is 23.6 Å². The lowest BCUT2D eigenvalue weighted by Crippen LogP contribution is -2.25. The Morgan fingerprint density at radius 1 is 1.04 bits per heavy atom. The fraction of sp³-hybridized carbons (Fsp3) is 0.333. The summed E-state index contributed by atoms with van der Waals surface area (Å²) in [6.45, 7) is 5.08. The lowest BCUT2D eigenvalue weighted by Gasteiger charge is -2.09. The van der Waals surface area contributed by atoms with Gasteiger partial charge < -0.3 is 14.8 Å². The second kappa shape index (κ2) is 10.6. The van der Waals surface area contributed by atoms with Crippen molar-refractivity contribution in [2.75, 3.05) is 25.2 Å². The number of thioether (sulfide) groups is 1. The molecule has 0 aromatic heterocycles. The number of methoxy groups -OCH3 is 1. The Morgan fingerprint density at radius 3 is 2.33 bits per heavy atom. The maximum absolute atomic E-state index is 11.9. The fourth-order valence-corrected chi connectivity index (χ4v) is 3.16. The molecule has 2 aromatic rings. The fourth-order valence-electron chi connectivity index (χ4n) is 2.53. The molecule has 2 aromatic carbocycles. The maximum Gasteiger partial charge on any atom is 0.337 e. The van der Waals surface area contributed by atoms with Crippen LogP contribution < -0.4 is 10.1 Å². The van der Waals surface area contributed by atoms with E-state index in [0.29, 0.717) is 24.5 Å². The first kappa shape index (κ1) is 20.8. The summed E-state index contributed by atoms with van der Waals surface area (Å²) >= 11 is 1.54. The Kier molecular flexibility index (Phi) is 8.20. The van der Waals surface area contributed by atoms with Crippen LogP contribution in [0.25, 0.3) is 0 Å². The minimum Gasteiger partial charge on any atom is -0.493 e. The molecule has 6 heteroatoms. The quantitative estimate of drug-likeness (QED) is 0.527. The van der Waals surface area contributed by atoms with E-state index < -0.39 is 0 Å². The summed E-state index contributed by atoms with van der Waals surface area (Å²) in [5.41, 5.74) is 3.78. The number of amides is 1. The van der Waals surface area contributed by atoms with Gasteiger partial charge in [0.25, 0.3) is 0 Å². The van der Waals surface area contributed by atoms with Crippen LogP contribution in [0.4, 0.5) is 0 Å². The molecular formula is C21H25NO4S. The van der Waals surface area contributed by atoms with Crippen molar-refractivity contribution < 1.29 is 19.1 Å². The second-order valence-electron chi connectivity index (χ2n) is 6.19. The summed E-state index contributed by atoms with van der Waals surface area (Å²) in [5, 5.41) is 2.87. The van der Waals surface area contributed by atoms with Crippen LogP contribution in [-0.2, 0) is 16.1 Å². The van der Waals surface area contributed by atoms with E-state index in [1.165, 1.54) is 30.0 Å². The van der Waals surface area contributed by atoms with Gasteiger partial charge >= 0.3 is 5.97 Å². The molecule has 0 atom stereocenters. The van der Waals surface area contributed by atoms with E-state index >= 15 is 0 Å². The van der Waals surface area contributed by atoms with Crippen LogP contribution >= 0.6 is 11.8 Å². The predicted molar refractivity (Wildman–Crippen MR) is 108 cm³/mol. The van der Waals surface area contributed by atoms with Gasteiger partial charge in [-0.3, -0.25) is 4.79 Å². The van der Waals surface area contributed by atoms with Gasteiger partial charge in [-0.15, -0.1) is 11.8 Å². The number of esters is 1. The molecule has 1 N–H and O–H groups in total. The first-order valence-corrected chi connectivity index (χ1v) is 9.86. The van der Waals surface area contributed by atoms with E-state index in [1.54, 1.807) is 24.3 Å². The molecular weight excluding hydrogens is 362 g/mol. The highest BCUT2D eigenvalue weighted by Crippen LogP contribution is 2.16. The number of carbonyl (C=O) groups is 2. The van der Waals surface area contributed by atoms with E-state index in [9.17, 15) is 9.59 Å². The Labute approximate surface area is 164 Å². The van der Waals surface area contributed by atoms with E-state index in [0.717, 1.165) is 17.1 Å². The van der Waals surface area contributed by atoms with Gasteiger partial charge in [-0.1, -0.05) is 18.2 Å². The minimum absolute atomic E-state index is 0.0246. The minimum atomic E-state index is -0.370. The van der Waals surface area contributed by atoms with Crippen LogP contribution in [0.1, 0.15) is 27.0 Å². The van der Waals surface area contributed by atoms with Gasteiger partial charge in [0.1, 0.15) is 5.75 Å². The lowest BCUT2D eigenvalue weighted by atomic mass is 10.1. The molecule has 5 nitrogen and oxygen atoms in total. The SMILES string of the molecule is COC(=O)c1ccc(CNC(=O)CSCCOc2cc(C)cc(C)c2)cc1. The Morgan fingerprint density at radius 2 is 1.70 bits per heavy atom. The number of carbonyl (C=O) groups excluding carboxylic acids is 2. The van der Waals surface area contributed by atoms with Gasteiger partial charge in [0.05, 0.1) is 25.0 Å². The van der Waals surface area contributed by atoms with E-state index in [-0.39, 0.29) is 11.9 Å². The van der Waals surface area contributed by atoms with Crippen LogP contribution in [0, 0.1) is 13.8 Å². The molecule has 0 aliphatic heterocycles. The largest absolute Gasteiger partial charge is 0.493 e. The van der Waals surface area contributed by atoms with Crippen molar-refractivity contribution in [2.24, 2.45) is 0 Å². The summed E-state index contributed by atoms with van der Waals surface area (Å²) in [6, 6.07) is 13.1. The van der Waals surface area contributed by atoms with Crippen LogP contribution in [0.5, 0.6) is 5.75 Å². The summed E-state index contributed by atoms with van der Waals surface area (Å²) in [7, 11) is 1.35. The summed E-state index contributed by atoms with van der Waals surface area (Å²) in [5.74, 6) is 1.60. The highest BCUT2D eigenvalue weighted by atomic mass is 32.2. The standard InChI is InChI=1S/C21H25NO4S/c1-15-10-16(2)12-19(11-15)26-8-9-27-14-20(23)22-13-17-4-6-18(7-5-17)21(24)25-3/h4-7,10-12H,8-9,13-14H2,1-3H3,(H,22,23).